The Balaban J connectivity index is 1.85. The van der Waals surface area contributed by atoms with Crippen molar-refractivity contribution in [2.24, 2.45) is 0 Å². The van der Waals surface area contributed by atoms with Gasteiger partial charge in [-0.15, -0.1) is 0 Å². The first-order valence-corrected chi connectivity index (χ1v) is 10.5. The highest BCUT2D eigenvalue weighted by Crippen LogP contribution is 2.36. The van der Waals surface area contributed by atoms with E-state index in [0.717, 1.165) is 63.9 Å². The minimum absolute atomic E-state index is 0.0456. The molecule has 0 radical (unpaired) electrons. The highest BCUT2D eigenvalue weighted by Gasteiger charge is 2.26. The van der Waals surface area contributed by atoms with Crippen LogP contribution in [0.5, 0.6) is 5.75 Å². The summed E-state index contributed by atoms with van der Waals surface area (Å²) in [5, 5.41) is 9.80. The first kappa shape index (κ1) is 20.6. The van der Waals surface area contributed by atoms with Crippen LogP contribution in [0.1, 0.15) is 46.4 Å². The van der Waals surface area contributed by atoms with Gasteiger partial charge in [0.25, 0.3) is 5.91 Å². The van der Waals surface area contributed by atoms with Crippen molar-refractivity contribution in [2.45, 2.75) is 25.7 Å². The predicted octanol–water partition coefficient (Wildman–Crippen LogP) is 5.11. The van der Waals surface area contributed by atoms with Crippen LogP contribution in [0.3, 0.4) is 0 Å². The second kappa shape index (κ2) is 9.01. The zero-order chi connectivity index (χ0) is 21.8. The number of hydrogen-bond donors (Lipinski definition) is 0. The number of fused-ring (bicyclic) bond motifs is 2. The van der Waals surface area contributed by atoms with Gasteiger partial charge in [0.2, 0.25) is 0 Å². The quantitative estimate of drug-likeness (QED) is 0.585. The number of methoxy groups -OCH3 is 1. The monoisotopic (exact) mass is 411 g/mol. The Kier molecular flexibility index (Phi) is 5.99. The van der Waals surface area contributed by atoms with Crippen molar-refractivity contribution in [3.8, 4) is 11.8 Å². The van der Waals surface area contributed by atoms with E-state index >= 15 is 0 Å². The predicted molar refractivity (Wildman–Crippen MR) is 123 cm³/mol. The Morgan fingerprint density at radius 3 is 2.71 bits per heavy atom. The molecule has 0 unspecified atom stereocenters. The Hall–Kier alpha value is -3.65. The maximum absolute atomic E-state index is 13.4. The SMILES string of the molecule is COc1ccc(/C=C2\CCCc3c2nc2ccccc2c3C(=O)N(C)CCC#N)cc1. The molecule has 5 heteroatoms. The number of ether oxygens (including phenoxy) is 1. The second-order valence-corrected chi connectivity index (χ2v) is 7.76. The van der Waals surface area contributed by atoms with Crippen LogP contribution in [0.4, 0.5) is 0 Å². The molecule has 0 atom stereocenters. The molecule has 1 aliphatic rings. The second-order valence-electron chi connectivity index (χ2n) is 7.76. The Bertz CT molecular complexity index is 1190. The molecule has 156 valence electrons. The maximum atomic E-state index is 13.4. The number of carbonyl (C=O) groups is 1. The molecule has 5 nitrogen and oxygen atoms in total. The first-order chi connectivity index (χ1) is 15.1. The number of nitriles is 1. The summed E-state index contributed by atoms with van der Waals surface area (Å²) in [5.41, 5.74) is 5.70. The Morgan fingerprint density at radius 1 is 1.19 bits per heavy atom. The van der Waals surface area contributed by atoms with Crippen molar-refractivity contribution in [1.29, 1.82) is 5.26 Å². The van der Waals surface area contributed by atoms with Crippen molar-refractivity contribution >= 4 is 28.5 Å². The van der Waals surface area contributed by atoms with Gasteiger partial charge < -0.3 is 9.64 Å². The molecule has 1 aliphatic carbocycles. The van der Waals surface area contributed by atoms with Gasteiger partial charge in [0.1, 0.15) is 5.75 Å². The summed E-state index contributed by atoms with van der Waals surface area (Å²) in [7, 11) is 3.42. The van der Waals surface area contributed by atoms with E-state index in [-0.39, 0.29) is 5.91 Å². The summed E-state index contributed by atoms with van der Waals surface area (Å²) < 4.78 is 5.26. The Labute approximate surface area is 182 Å². The van der Waals surface area contributed by atoms with Gasteiger partial charge in [-0.2, -0.15) is 5.26 Å². The van der Waals surface area contributed by atoms with Crippen LogP contribution in [-0.2, 0) is 6.42 Å². The highest BCUT2D eigenvalue weighted by molar-refractivity contribution is 6.09. The first-order valence-electron chi connectivity index (χ1n) is 10.5. The van der Waals surface area contributed by atoms with E-state index < -0.39 is 0 Å². The van der Waals surface area contributed by atoms with E-state index in [1.165, 1.54) is 0 Å². The lowest BCUT2D eigenvalue weighted by molar-refractivity contribution is 0.0798. The number of aromatic nitrogens is 1. The number of carbonyl (C=O) groups excluding carboxylic acids is 1. The lowest BCUT2D eigenvalue weighted by atomic mass is 9.85. The fourth-order valence-corrected chi connectivity index (χ4v) is 4.13. The minimum Gasteiger partial charge on any atom is -0.497 e. The summed E-state index contributed by atoms with van der Waals surface area (Å²) in [6.45, 7) is 0.412. The molecule has 0 bridgehead atoms. The number of pyridine rings is 1. The van der Waals surface area contributed by atoms with Crippen LogP contribution in [0.25, 0.3) is 22.6 Å². The fourth-order valence-electron chi connectivity index (χ4n) is 4.13. The van der Waals surface area contributed by atoms with E-state index in [2.05, 4.69) is 12.1 Å². The summed E-state index contributed by atoms with van der Waals surface area (Å²) in [5.74, 6) is 0.777. The molecule has 0 spiro atoms. The van der Waals surface area contributed by atoms with Crippen molar-refractivity contribution in [1.82, 2.24) is 9.88 Å². The summed E-state index contributed by atoms with van der Waals surface area (Å²) in [4.78, 5) is 20.0. The van der Waals surface area contributed by atoms with E-state index in [0.29, 0.717) is 13.0 Å². The standard InChI is InChI=1S/C26H25N3O2/c1-29(16-6-15-27)26(30)24-21-8-3-4-10-23(21)28-25-19(7-5-9-22(24)25)17-18-11-13-20(31-2)14-12-18/h3-4,8,10-14,17H,5-7,9,16H2,1-2H3/b19-17+. The number of benzene rings is 2. The van der Waals surface area contributed by atoms with E-state index in [1.807, 2.05) is 48.5 Å². The molecule has 0 saturated heterocycles. The molecule has 31 heavy (non-hydrogen) atoms. The molecule has 3 aromatic rings. The Morgan fingerprint density at radius 2 is 1.97 bits per heavy atom. The van der Waals surface area contributed by atoms with Gasteiger partial charge in [0, 0.05) is 19.0 Å². The smallest absolute Gasteiger partial charge is 0.254 e. The van der Waals surface area contributed by atoms with Crippen LogP contribution in [0, 0.1) is 11.3 Å². The third-order valence-corrected chi connectivity index (χ3v) is 5.75. The average Bonchev–Trinajstić information content (AvgIpc) is 2.81. The molecule has 1 heterocycles. The molecule has 4 rings (SSSR count). The van der Waals surface area contributed by atoms with E-state index in [4.69, 9.17) is 15.0 Å². The van der Waals surface area contributed by atoms with E-state index in [9.17, 15) is 4.79 Å². The van der Waals surface area contributed by atoms with E-state index in [1.54, 1.807) is 19.1 Å². The fraction of sp³-hybridized carbons (Fsp3) is 0.269. The van der Waals surface area contributed by atoms with Gasteiger partial charge in [-0.25, -0.2) is 4.98 Å². The molecular formula is C26H25N3O2. The molecule has 0 saturated carbocycles. The maximum Gasteiger partial charge on any atom is 0.254 e. The molecule has 0 aliphatic heterocycles. The van der Waals surface area contributed by atoms with Crippen LogP contribution in [0.15, 0.2) is 48.5 Å². The molecule has 0 fully saturated rings. The zero-order valence-corrected chi connectivity index (χ0v) is 17.9. The molecular weight excluding hydrogens is 386 g/mol. The molecule has 0 N–H and O–H groups in total. The lowest BCUT2D eigenvalue weighted by Crippen LogP contribution is -2.29. The molecule has 2 aromatic carbocycles. The van der Waals surface area contributed by atoms with Crippen molar-refractivity contribution < 1.29 is 9.53 Å². The van der Waals surface area contributed by atoms with Gasteiger partial charge in [0.15, 0.2) is 0 Å². The topological polar surface area (TPSA) is 66.2 Å². The van der Waals surface area contributed by atoms with Crippen LogP contribution in [-0.4, -0.2) is 36.5 Å². The van der Waals surface area contributed by atoms with Crippen molar-refractivity contribution in [3.05, 3.63) is 70.9 Å². The third kappa shape index (κ3) is 4.15. The zero-order valence-electron chi connectivity index (χ0n) is 17.9. The number of nitrogens with zero attached hydrogens (tertiary/aromatic N) is 3. The number of para-hydroxylation sites is 1. The molecule has 1 aromatic heterocycles. The lowest BCUT2D eigenvalue weighted by Gasteiger charge is -2.25. The van der Waals surface area contributed by atoms with Gasteiger partial charge in [-0.05, 0) is 60.2 Å². The number of amides is 1. The minimum atomic E-state index is -0.0456. The summed E-state index contributed by atoms with van der Waals surface area (Å²) >= 11 is 0. The van der Waals surface area contributed by atoms with Gasteiger partial charge in [-0.1, -0.05) is 30.3 Å². The summed E-state index contributed by atoms with van der Waals surface area (Å²) in [6.07, 6.45) is 5.18. The van der Waals surface area contributed by atoms with Crippen LogP contribution < -0.4 is 4.74 Å². The number of rotatable bonds is 5. The largest absolute Gasteiger partial charge is 0.497 e. The van der Waals surface area contributed by atoms with Crippen molar-refractivity contribution in [3.63, 3.8) is 0 Å². The number of allylic oxidation sites excluding steroid dienone is 1. The van der Waals surface area contributed by atoms with Crippen LogP contribution >= 0.6 is 0 Å². The van der Waals surface area contributed by atoms with Gasteiger partial charge in [-0.3, -0.25) is 4.79 Å². The van der Waals surface area contributed by atoms with Crippen LogP contribution in [0.2, 0.25) is 0 Å². The summed E-state index contributed by atoms with van der Waals surface area (Å²) in [6, 6.07) is 17.9. The third-order valence-electron chi connectivity index (χ3n) is 5.75. The highest BCUT2D eigenvalue weighted by atomic mass is 16.5. The number of hydrogen-bond acceptors (Lipinski definition) is 4. The normalized spacial score (nSPS) is 14.2. The average molecular weight is 412 g/mol. The van der Waals surface area contributed by atoms with Gasteiger partial charge >= 0.3 is 0 Å². The van der Waals surface area contributed by atoms with Gasteiger partial charge in [0.05, 0.1) is 36.4 Å². The van der Waals surface area contributed by atoms with Crippen molar-refractivity contribution in [2.75, 3.05) is 20.7 Å². The molecule has 1 amide bonds.